The molecule has 0 bridgehead atoms. The minimum Gasteiger partial charge on any atom is -0.353 e. The van der Waals surface area contributed by atoms with Gasteiger partial charge in [0, 0.05) is 30.8 Å². The van der Waals surface area contributed by atoms with Gasteiger partial charge in [-0.2, -0.15) is 13.2 Å². The largest absolute Gasteiger partial charge is 0.415 e. The van der Waals surface area contributed by atoms with Crippen LogP contribution in [0.15, 0.2) is 96.7 Å². The van der Waals surface area contributed by atoms with Gasteiger partial charge in [-0.3, -0.25) is 9.59 Å². The summed E-state index contributed by atoms with van der Waals surface area (Å²) in [5.41, 5.74) is 10.3. The summed E-state index contributed by atoms with van der Waals surface area (Å²) in [6, 6.07) is 23.9. The lowest BCUT2D eigenvalue weighted by Gasteiger charge is -2.19. The van der Waals surface area contributed by atoms with Crippen LogP contribution in [0.1, 0.15) is 60.8 Å². The molecule has 0 radical (unpaired) electrons. The van der Waals surface area contributed by atoms with Gasteiger partial charge in [0.15, 0.2) is 6.29 Å². The second kappa shape index (κ2) is 15.2. The van der Waals surface area contributed by atoms with E-state index in [9.17, 15) is 22.8 Å². The summed E-state index contributed by atoms with van der Waals surface area (Å²) in [6.07, 6.45) is 1.72. The van der Waals surface area contributed by atoms with E-state index >= 15 is 0 Å². The molecule has 222 valence electrons. The Bertz CT molecular complexity index is 1390. The van der Waals surface area contributed by atoms with Gasteiger partial charge in [0.05, 0.1) is 11.3 Å². The molecule has 1 aliphatic rings. The lowest BCUT2D eigenvalue weighted by molar-refractivity contribution is -0.114. The van der Waals surface area contributed by atoms with E-state index in [0.717, 1.165) is 17.2 Å². The van der Waals surface area contributed by atoms with Gasteiger partial charge < -0.3 is 16.4 Å². The number of aryl methyl sites for hydroxylation is 1. The Balaban J connectivity index is 0.000000236. The highest BCUT2D eigenvalue weighted by atomic mass is 19.4. The molecule has 5 nitrogen and oxygen atoms in total. The van der Waals surface area contributed by atoms with Crippen LogP contribution >= 0.6 is 0 Å². The zero-order chi connectivity index (χ0) is 30.7. The maximum atomic E-state index is 12.3. The summed E-state index contributed by atoms with van der Waals surface area (Å²) in [4.78, 5) is 21.9. The molecular formula is C34H38F3N3O2. The second-order valence-electron chi connectivity index (χ2n) is 10.6. The number of amides is 1. The molecule has 1 saturated carbocycles. The zero-order valence-corrected chi connectivity index (χ0v) is 24.0. The maximum absolute atomic E-state index is 12.3. The number of halogens is 3. The molecule has 4 rings (SSSR count). The summed E-state index contributed by atoms with van der Waals surface area (Å²) >= 11 is 0. The zero-order valence-electron chi connectivity index (χ0n) is 24.0. The Labute approximate surface area is 245 Å². The van der Waals surface area contributed by atoms with E-state index in [1.165, 1.54) is 42.4 Å². The Morgan fingerprint density at radius 1 is 1.00 bits per heavy atom. The van der Waals surface area contributed by atoms with Crippen LogP contribution in [-0.4, -0.2) is 18.4 Å². The molecule has 1 fully saturated rings. The molecule has 1 amide bonds. The number of rotatable bonds is 11. The number of alkyl halides is 3. The third-order valence-corrected chi connectivity index (χ3v) is 6.91. The summed E-state index contributed by atoms with van der Waals surface area (Å²) < 4.78 is 36.9. The third-order valence-electron chi connectivity index (χ3n) is 6.91. The van der Waals surface area contributed by atoms with Gasteiger partial charge in [0.2, 0.25) is 5.91 Å². The highest BCUT2D eigenvalue weighted by Gasteiger charge is 2.30. The smallest absolute Gasteiger partial charge is 0.353 e. The molecular weight excluding hydrogens is 539 g/mol. The molecule has 8 heteroatoms. The van der Waals surface area contributed by atoms with Crippen LogP contribution in [0.5, 0.6) is 0 Å². The summed E-state index contributed by atoms with van der Waals surface area (Å²) in [5, 5.41) is 5.42. The van der Waals surface area contributed by atoms with Crippen molar-refractivity contribution in [2.24, 2.45) is 11.7 Å². The van der Waals surface area contributed by atoms with Gasteiger partial charge in [-0.25, -0.2) is 0 Å². The second-order valence-corrected chi connectivity index (χ2v) is 10.6. The van der Waals surface area contributed by atoms with Gasteiger partial charge in [0.25, 0.3) is 0 Å². The van der Waals surface area contributed by atoms with E-state index < -0.39 is 11.7 Å². The Morgan fingerprint density at radius 2 is 1.69 bits per heavy atom. The fourth-order valence-corrected chi connectivity index (χ4v) is 4.54. The van der Waals surface area contributed by atoms with Crippen molar-refractivity contribution in [3.63, 3.8) is 0 Å². The molecule has 0 saturated heterocycles. The number of benzene rings is 3. The average molecular weight is 578 g/mol. The number of nitrogens with two attached hydrogens (primary N) is 1. The van der Waals surface area contributed by atoms with Crippen LogP contribution in [0.2, 0.25) is 0 Å². The van der Waals surface area contributed by atoms with Crippen molar-refractivity contribution in [3.8, 4) is 0 Å². The van der Waals surface area contributed by atoms with Crippen molar-refractivity contribution >= 4 is 23.6 Å². The normalized spacial score (nSPS) is 13.8. The third kappa shape index (κ3) is 10.7. The predicted molar refractivity (Wildman–Crippen MR) is 163 cm³/mol. The summed E-state index contributed by atoms with van der Waals surface area (Å²) in [6.45, 7) is 6.86. The number of hydrogen-bond acceptors (Lipinski definition) is 4. The van der Waals surface area contributed by atoms with Crippen LogP contribution in [0, 0.1) is 12.8 Å². The molecule has 0 aromatic heterocycles. The van der Waals surface area contributed by atoms with Gasteiger partial charge in [-0.15, -0.1) is 0 Å². The monoisotopic (exact) mass is 577 g/mol. The van der Waals surface area contributed by atoms with Crippen molar-refractivity contribution < 1.29 is 22.8 Å². The lowest BCUT2D eigenvalue weighted by atomic mass is 9.86. The highest BCUT2D eigenvalue weighted by molar-refractivity contribution is 5.88. The first-order valence-corrected chi connectivity index (χ1v) is 13.9. The summed E-state index contributed by atoms with van der Waals surface area (Å²) in [5.74, 6) is 1.37. The lowest BCUT2D eigenvalue weighted by Crippen LogP contribution is -2.11. The highest BCUT2D eigenvalue weighted by Crippen LogP contribution is 2.39. The Morgan fingerprint density at radius 3 is 2.26 bits per heavy atom. The van der Waals surface area contributed by atoms with Crippen LogP contribution in [0.25, 0.3) is 0 Å². The number of anilines is 2. The van der Waals surface area contributed by atoms with E-state index in [1.54, 1.807) is 31.2 Å². The fraction of sp³-hybridized carbons (Fsp3) is 0.294. The first kappa shape index (κ1) is 32.3. The molecule has 4 N–H and O–H groups in total. The van der Waals surface area contributed by atoms with Gasteiger partial charge in [-0.1, -0.05) is 73.5 Å². The standard InChI is InChI=1S/C21H25NO.C13H13F3N2O/c1-15-4-3-5-19(14-15)21(13-8-17-6-7-17)18-9-11-20(12-10-18)22-16(2)23;1-9(13(14,15)16)5-12(8-19)18-11-4-2-3-10(6-11)7-17/h3-5,9-12,14,17,21H,6-8,13H2,1-2H3,(H,22,23);2-6,8,18H,1,7,17H2/b;12-5-. The number of carbonyl (C=O) groups excluding carboxylic acids is 2. The molecule has 1 unspecified atom stereocenters. The number of hydrogen-bond donors (Lipinski definition) is 3. The van der Waals surface area contributed by atoms with Crippen molar-refractivity contribution in [3.05, 3.63) is 119 Å². The van der Waals surface area contributed by atoms with Crippen molar-refractivity contribution in [1.29, 1.82) is 0 Å². The van der Waals surface area contributed by atoms with Gasteiger partial charge in [0.1, 0.15) is 0 Å². The number of allylic oxidation sites excluding steroid dienone is 3. The number of nitrogens with one attached hydrogen (secondary N) is 2. The van der Waals surface area contributed by atoms with E-state index in [1.807, 2.05) is 12.1 Å². The topological polar surface area (TPSA) is 84.2 Å². The molecule has 0 spiro atoms. The molecule has 3 aromatic carbocycles. The molecule has 3 aromatic rings. The minimum atomic E-state index is -4.56. The van der Waals surface area contributed by atoms with E-state index in [4.69, 9.17) is 5.73 Å². The predicted octanol–water partition coefficient (Wildman–Crippen LogP) is 8.03. The summed E-state index contributed by atoms with van der Waals surface area (Å²) in [7, 11) is 0. The Kier molecular flexibility index (Phi) is 11.7. The SMILES string of the molecule is C=C(/C=C(/C=O)Nc1cccc(CN)c1)C(F)(F)F.CC(=O)Nc1ccc(C(CCC2CC2)c2cccc(C)c2)cc1. The van der Waals surface area contributed by atoms with Gasteiger partial charge >= 0.3 is 6.18 Å². The molecule has 1 atom stereocenters. The van der Waals surface area contributed by atoms with E-state index in [0.29, 0.717) is 30.5 Å². The van der Waals surface area contributed by atoms with Crippen LogP contribution in [0.3, 0.4) is 0 Å². The molecule has 0 heterocycles. The number of aldehydes is 1. The molecule has 42 heavy (non-hydrogen) atoms. The van der Waals surface area contributed by atoms with Gasteiger partial charge in [-0.05, 0) is 72.7 Å². The molecule has 1 aliphatic carbocycles. The van der Waals surface area contributed by atoms with Crippen LogP contribution in [-0.2, 0) is 16.1 Å². The quantitative estimate of drug-likeness (QED) is 0.122. The fourth-order valence-electron chi connectivity index (χ4n) is 4.54. The first-order valence-electron chi connectivity index (χ1n) is 13.9. The van der Waals surface area contributed by atoms with Crippen LogP contribution in [0.4, 0.5) is 24.5 Å². The minimum absolute atomic E-state index is 0.0262. The van der Waals surface area contributed by atoms with Crippen molar-refractivity contribution in [1.82, 2.24) is 0 Å². The van der Waals surface area contributed by atoms with E-state index in [2.05, 4.69) is 60.5 Å². The average Bonchev–Trinajstić information content (AvgIpc) is 3.78. The van der Waals surface area contributed by atoms with Crippen molar-refractivity contribution in [2.75, 3.05) is 10.6 Å². The molecule has 0 aliphatic heterocycles. The van der Waals surface area contributed by atoms with Crippen LogP contribution < -0.4 is 16.4 Å². The van der Waals surface area contributed by atoms with Crippen molar-refractivity contribution in [2.45, 2.75) is 58.2 Å². The number of carbonyl (C=O) groups is 2. The first-order chi connectivity index (χ1) is 20.0. The van der Waals surface area contributed by atoms with E-state index in [-0.39, 0.29) is 11.6 Å². The Hall–Kier alpha value is -4.17. The maximum Gasteiger partial charge on any atom is 0.415 e.